The van der Waals surface area contributed by atoms with E-state index >= 15 is 0 Å². The molecule has 29 heavy (non-hydrogen) atoms. The van der Waals surface area contributed by atoms with E-state index in [0.717, 1.165) is 17.8 Å². The number of rotatable bonds is 5. The zero-order valence-electron chi connectivity index (χ0n) is 16.9. The molecule has 0 saturated carbocycles. The van der Waals surface area contributed by atoms with Crippen LogP contribution in [0.5, 0.6) is 0 Å². The Bertz CT molecular complexity index is 901. The molecule has 0 atom stereocenters. The topological polar surface area (TPSA) is 84.2 Å². The van der Waals surface area contributed by atoms with Crippen LogP contribution in [0.1, 0.15) is 35.6 Å². The van der Waals surface area contributed by atoms with Crippen molar-refractivity contribution in [2.45, 2.75) is 27.3 Å². The molecule has 2 aromatic heterocycles. The molecule has 0 N–H and O–H groups in total. The number of amides is 2. The summed E-state index contributed by atoms with van der Waals surface area (Å²) in [7, 11) is 0. The van der Waals surface area contributed by atoms with Gasteiger partial charge in [-0.1, -0.05) is 25.4 Å². The van der Waals surface area contributed by atoms with Gasteiger partial charge in [-0.25, -0.2) is 4.98 Å². The number of halogens is 1. The maximum atomic E-state index is 12.6. The highest BCUT2D eigenvalue weighted by Crippen LogP contribution is 2.22. The molecule has 1 aliphatic rings. The van der Waals surface area contributed by atoms with E-state index in [0.29, 0.717) is 42.9 Å². The fraction of sp³-hybridized carbons (Fsp3) is 0.450. The molecule has 3 heterocycles. The van der Waals surface area contributed by atoms with Gasteiger partial charge < -0.3 is 9.80 Å². The van der Waals surface area contributed by atoms with E-state index in [9.17, 15) is 9.59 Å². The summed E-state index contributed by atoms with van der Waals surface area (Å²) in [6.45, 7) is 8.65. The molecule has 0 aliphatic carbocycles. The lowest BCUT2D eigenvalue weighted by molar-refractivity contribution is -0.127. The summed E-state index contributed by atoms with van der Waals surface area (Å²) in [5, 5.41) is 4.99. The molecule has 0 radical (unpaired) electrons. The second-order valence-corrected chi connectivity index (χ2v) is 7.77. The molecule has 1 saturated heterocycles. The highest BCUT2D eigenvalue weighted by molar-refractivity contribution is 6.31. The summed E-state index contributed by atoms with van der Waals surface area (Å²) in [6.07, 6.45) is 7.72. The van der Waals surface area contributed by atoms with E-state index in [1.54, 1.807) is 20.6 Å². The van der Waals surface area contributed by atoms with Crippen LogP contribution in [-0.2, 0) is 11.3 Å². The lowest BCUT2D eigenvalue weighted by Gasteiger charge is -2.34. The number of hydrogen-bond donors (Lipinski definition) is 0. The number of hydrogen-bond acceptors (Lipinski definition) is 5. The smallest absolute Gasteiger partial charge is 0.274 e. The van der Waals surface area contributed by atoms with Crippen molar-refractivity contribution in [3.8, 4) is 0 Å². The van der Waals surface area contributed by atoms with Crippen LogP contribution in [0.4, 0.5) is 0 Å². The van der Waals surface area contributed by atoms with Crippen LogP contribution in [0.25, 0.3) is 6.08 Å². The van der Waals surface area contributed by atoms with Crippen LogP contribution >= 0.6 is 11.6 Å². The maximum absolute atomic E-state index is 12.6. The number of aryl methyl sites for hydroxylation is 1. The Balaban J connectivity index is 1.59. The summed E-state index contributed by atoms with van der Waals surface area (Å²) in [4.78, 5) is 36.4. The monoisotopic (exact) mass is 416 g/mol. The number of nitrogens with zero attached hydrogens (tertiary/aromatic N) is 6. The van der Waals surface area contributed by atoms with Crippen LogP contribution in [0.3, 0.4) is 0 Å². The van der Waals surface area contributed by atoms with Crippen LogP contribution in [-0.4, -0.2) is 67.5 Å². The van der Waals surface area contributed by atoms with Gasteiger partial charge in [-0.3, -0.25) is 19.3 Å². The van der Waals surface area contributed by atoms with Gasteiger partial charge in [0.1, 0.15) is 10.8 Å². The molecule has 0 aromatic carbocycles. The largest absolute Gasteiger partial charge is 0.336 e. The maximum Gasteiger partial charge on any atom is 0.274 e. The molecule has 154 valence electrons. The number of aromatic nitrogens is 4. The number of carbonyl (C=O) groups excluding carboxylic acids is 2. The van der Waals surface area contributed by atoms with Gasteiger partial charge in [-0.05, 0) is 18.9 Å². The van der Waals surface area contributed by atoms with Gasteiger partial charge in [0.15, 0.2) is 0 Å². The Morgan fingerprint density at radius 2 is 1.86 bits per heavy atom. The Kier molecular flexibility index (Phi) is 6.64. The Labute approximate surface area is 175 Å². The van der Waals surface area contributed by atoms with E-state index in [1.165, 1.54) is 24.7 Å². The molecule has 1 fully saturated rings. The van der Waals surface area contributed by atoms with Crippen molar-refractivity contribution in [1.82, 2.24) is 29.5 Å². The van der Waals surface area contributed by atoms with E-state index in [4.69, 9.17) is 11.6 Å². The third-order valence-corrected chi connectivity index (χ3v) is 5.10. The summed E-state index contributed by atoms with van der Waals surface area (Å²) >= 11 is 6.42. The Morgan fingerprint density at radius 3 is 2.48 bits per heavy atom. The zero-order valence-corrected chi connectivity index (χ0v) is 17.6. The van der Waals surface area contributed by atoms with Gasteiger partial charge >= 0.3 is 0 Å². The molecule has 2 amide bonds. The van der Waals surface area contributed by atoms with Crippen molar-refractivity contribution in [1.29, 1.82) is 0 Å². The third-order valence-electron chi connectivity index (χ3n) is 4.70. The molecular formula is C20H25ClN6O2. The van der Waals surface area contributed by atoms with Crippen molar-refractivity contribution in [3.05, 3.63) is 46.8 Å². The van der Waals surface area contributed by atoms with Gasteiger partial charge in [0.05, 0.1) is 11.9 Å². The minimum Gasteiger partial charge on any atom is -0.336 e. The summed E-state index contributed by atoms with van der Waals surface area (Å²) in [6, 6.07) is 0. The standard InChI is InChI=1S/C20H25ClN6O2/c1-14(2)13-27-19(21)16(15(3)24-27)4-5-18(28)25-8-10-26(11-9-25)20(29)17-12-22-6-7-23-17/h4-7,12,14H,8-11,13H2,1-3H3/b5-4+. The van der Waals surface area contributed by atoms with Gasteiger partial charge in [0.2, 0.25) is 5.91 Å². The molecule has 0 unspecified atom stereocenters. The minimum atomic E-state index is -0.166. The van der Waals surface area contributed by atoms with Gasteiger partial charge in [0.25, 0.3) is 5.91 Å². The first-order valence-electron chi connectivity index (χ1n) is 9.62. The first-order valence-corrected chi connectivity index (χ1v) is 9.99. The van der Waals surface area contributed by atoms with E-state index in [1.807, 2.05) is 6.92 Å². The molecule has 8 nitrogen and oxygen atoms in total. The number of carbonyl (C=O) groups is 2. The van der Waals surface area contributed by atoms with Crippen LogP contribution < -0.4 is 0 Å². The first-order chi connectivity index (χ1) is 13.9. The van der Waals surface area contributed by atoms with Crippen LogP contribution in [0, 0.1) is 12.8 Å². The summed E-state index contributed by atoms with van der Waals surface area (Å²) < 4.78 is 1.77. The third kappa shape index (κ3) is 5.00. The minimum absolute atomic E-state index is 0.108. The predicted molar refractivity (Wildman–Crippen MR) is 110 cm³/mol. The Hall–Kier alpha value is -2.74. The molecule has 3 rings (SSSR count). The molecular weight excluding hydrogens is 392 g/mol. The second kappa shape index (κ2) is 9.17. The fourth-order valence-corrected chi connectivity index (χ4v) is 3.49. The average molecular weight is 417 g/mol. The van der Waals surface area contributed by atoms with E-state index in [-0.39, 0.29) is 11.8 Å². The molecule has 0 bridgehead atoms. The zero-order chi connectivity index (χ0) is 21.0. The lowest BCUT2D eigenvalue weighted by atomic mass is 10.2. The quantitative estimate of drug-likeness (QED) is 0.698. The molecule has 0 spiro atoms. The van der Waals surface area contributed by atoms with Crippen molar-refractivity contribution in [3.63, 3.8) is 0 Å². The summed E-state index contributed by atoms with van der Waals surface area (Å²) in [5.41, 5.74) is 1.87. The molecule has 1 aliphatic heterocycles. The fourth-order valence-electron chi connectivity index (χ4n) is 3.18. The normalized spacial score (nSPS) is 14.8. The van der Waals surface area contributed by atoms with Gasteiger partial charge in [-0.15, -0.1) is 0 Å². The van der Waals surface area contributed by atoms with E-state index in [2.05, 4.69) is 28.9 Å². The number of piperazine rings is 1. The van der Waals surface area contributed by atoms with Gasteiger partial charge in [-0.2, -0.15) is 5.10 Å². The van der Waals surface area contributed by atoms with E-state index < -0.39 is 0 Å². The van der Waals surface area contributed by atoms with Gasteiger partial charge in [0, 0.05) is 56.8 Å². The lowest BCUT2D eigenvalue weighted by Crippen LogP contribution is -2.50. The highest BCUT2D eigenvalue weighted by atomic mass is 35.5. The first kappa shape index (κ1) is 21.0. The van der Waals surface area contributed by atoms with Crippen LogP contribution in [0.2, 0.25) is 5.15 Å². The SMILES string of the molecule is Cc1nn(CC(C)C)c(Cl)c1/C=C/C(=O)N1CCN(C(=O)c2cnccn2)CC1. The Morgan fingerprint density at radius 1 is 1.17 bits per heavy atom. The van der Waals surface area contributed by atoms with Crippen molar-refractivity contribution < 1.29 is 9.59 Å². The predicted octanol–water partition coefficient (Wildman–Crippen LogP) is 2.29. The second-order valence-electron chi connectivity index (χ2n) is 7.41. The van der Waals surface area contributed by atoms with Crippen molar-refractivity contribution >= 4 is 29.5 Å². The van der Waals surface area contributed by atoms with Crippen LogP contribution in [0.15, 0.2) is 24.7 Å². The van der Waals surface area contributed by atoms with Crippen molar-refractivity contribution in [2.75, 3.05) is 26.2 Å². The molecule has 9 heteroatoms. The van der Waals surface area contributed by atoms with Crippen molar-refractivity contribution in [2.24, 2.45) is 5.92 Å². The average Bonchev–Trinajstić information content (AvgIpc) is 2.98. The summed E-state index contributed by atoms with van der Waals surface area (Å²) in [5.74, 6) is 0.149. The molecule has 2 aromatic rings. The highest BCUT2D eigenvalue weighted by Gasteiger charge is 2.24.